The van der Waals surface area contributed by atoms with Crippen LogP contribution in [0.3, 0.4) is 0 Å². The number of aliphatic carboxylic acids is 1. The van der Waals surface area contributed by atoms with Crippen LogP contribution in [0.4, 0.5) is 0 Å². The maximum atomic E-state index is 14.3. The number of ether oxygens (including phenoxy) is 1. The number of carboxylic acids is 1. The molecule has 1 saturated heterocycles. The van der Waals surface area contributed by atoms with Crippen LogP contribution in [0.1, 0.15) is 91.0 Å². The van der Waals surface area contributed by atoms with E-state index in [0.717, 1.165) is 77.4 Å². The van der Waals surface area contributed by atoms with Crippen LogP contribution >= 0.6 is 22.6 Å². The first kappa shape index (κ1) is 35.1. The van der Waals surface area contributed by atoms with Gasteiger partial charge in [0, 0.05) is 48.4 Å². The maximum Gasteiger partial charge on any atom is 0.308 e. The molecule has 1 fully saturated rings. The molecule has 3 aliphatic rings. The van der Waals surface area contributed by atoms with Crippen molar-refractivity contribution in [3.8, 4) is 5.75 Å². The Labute approximate surface area is 298 Å². The molecule has 8 heteroatoms. The molecule has 0 spiro atoms. The van der Waals surface area contributed by atoms with Gasteiger partial charge in [-0.15, -0.1) is 0 Å². The molecule has 0 radical (unpaired) electrons. The van der Waals surface area contributed by atoms with Crippen LogP contribution in [0.5, 0.6) is 5.75 Å². The number of likely N-dealkylation sites (tertiary alicyclic amines) is 1. The van der Waals surface area contributed by atoms with E-state index in [1.807, 2.05) is 41.3 Å². The van der Waals surface area contributed by atoms with Crippen molar-refractivity contribution in [3.63, 3.8) is 0 Å². The Balaban J connectivity index is 1.23. The molecule has 256 valence electrons. The molecule has 0 amide bonds. The lowest BCUT2D eigenvalue weighted by atomic mass is 9.83. The summed E-state index contributed by atoms with van der Waals surface area (Å²) in [5, 5.41) is 21.9. The molecule has 0 aliphatic carbocycles. The van der Waals surface area contributed by atoms with Crippen molar-refractivity contribution in [1.29, 1.82) is 0 Å². The number of benzene rings is 3. The standard InChI is InChI=1S/C40H49IN2O5/c1-2-3-4-10-29(14-13-27-8-7-9-28(21-27)23-41)36(44)26-43-25-34(30-15-16-37-31(22-30)18-20-48-37)38(40(46)47)35(43)17-19-42-24-32-11-5-6-12-33(32)39(42)45/h5-9,11-12,15-16,21-22,29,34-35,38-39,45H,2-4,10,13-14,17-20,23-26H2,1H3,(H,46,47)/t29?,34-,35+,38-,39?/m1/s1. The average molecular weight is 765 g/mol. The number of nitrogens with zero attached hydrogens (tertiary/aromatic N) is 2. The molecule has 48 heavy (non-hydrogen) atoms. The quantitative estimate of drug-likeness (QED) is 0.0898. The van der Waals surface area contributed by atoms with Crippen LogP contribution in [-0.2, 0) is 33.4 Å². The lowest BCUT2D eigenvalue weighted by Crippen LogP contribution is -2.42. The molecule has 3 aromatic rings. The number of unbranched alkanes of at least 4 members (excludes halogenated alkanes) is 2. The molecule has 3 heterocycles. The largest absolute Gasteiger partial charge is 0.493 e. The van der Waals surface area contributed by atoms with E-state index >= 15 is 0 Å². The van der Waals surface area contributed by atoms with Crippen LogP contribution < -0.4 is 4.74 Å². The highest BCUT2D eigenvalue weighted by atomic mass is 127. The fraction of sp³-hybridized carbons (Fsp3) is 0.500. The molecule has 6 rings (SSSR count). The van der Waals surface area contributed by atoms with E-state index in [1.165, 1.54) is 11.1 Å². The Kier molecular flexibility index (Phi) is 11.9. The Hall–Kier alpha value is -2.79. The second kappa shape index (κ2) is 16.3. The summed E-state index contributed by atoms with van der Waals surface area (Å²) >= 11 is 2.39. The van der Waals surface area contributed by atoms with Gasteiger partial charge in [-0.1, -0.05) is 109 Å². The van der Waals surface area contributed by atoms with E-state index in [9.17, 15) is 19.8 Å². The summed E-state index contributed by atoms with van der Waals surface area (Å²) in [6, 6.07) is 22.4. The topological polar surface area (TPSA) is 90.3 Å². The molecular weight excluding hydrogens is 715 g/mol. The number of hydrogen-bond donors (Lipinski definition) is 2. The molecule has 2 unspecified atom stereocenters. The fourth-order valence-electron chi connectivity index (χ4n) is 8.20. The van der Waals surface area contributed by atoms with Crippen molar-refractivity contribution in [1.82, 2.24) is 9.80 Å². The molecule has 3 aromatic carbocycles. The molecule has 0 aromatic heterocycles. The Bertz CT molecular complexity index is 1580. The number of carbonyl (C=O) groups is 2. The van der Waals surface area contributed by atoms with Gasteiger partial charge in [-0.05, 0) is 65.1 Å². The molecule has 0 bridgehead atoms. The zero-order chi connectivity index (χ0) is 33.6. The van der Waals surface area contributed by atoms with Gasteiger partial charge in [0.1, 0.15) is 17.8 Å². The van der Waals surface area contributed by atoms with Gasteiger partial charge < -0.3 is 14.9 Å². The number of carbonyl (C=O) groups excluding carboxylic acids is 1. The first-order valence-corrected chi connectivity index (χ1v) is 19.3. The molecular formula is C40H49IN2O5. The molecule has 0 saturated carbocycles. The predicted octanol–water partition coefficient (Wildman–Crippen LogP) is 7.32. The van der Waals surface area contributed by atoms with Crippen molar-refractivity contribution >= 4 is 34.3 Å². The van der Waals surface area contributed by atoms with Crippen LogP contribution in [0.2, 0.25) is 0 Å². The number of ketones is 1. The Morgan fingerprint density at radius 1 is 0.979 bits per heavy atom. The summed E-state index contributed by atoms with van der Waals surface area (Å²) in [6.07, 6.45) is 6.44. The van der Waals surface area contributed by atoms with E-state index in [2.05, 4.69) is 64.7 Å². The first-order valence-electron chi connectivity index (χ1n) is 17.7. The maximum absolute atomic E-state index is 14.3. The smallest absolute Gasteiger partial charge is 0.308 e. The fourth-order valence-corrected chi connectivity index (χ4v) is 8.68. The number of halogens is 1. The molecule has 7 nitrogen and oxygen atoms in total. The second-order valence-electron chi connectivity index (χ2n) is 13.9. The van der Waals surface area contributed by atoms with E-state index < -0.39 is 18.1 Å². The van der Waals surface area contributed by atoms with Crippen LogP contribution in [0.15, 0.2) is 66.7 Å². The van der Waals surface area contributed by atoms with Gasteiger partial charge in [0.15, 0.2) is 0 Å². The Morgan fingerprint density at radius 2 is 1.81 bits per heavy atom. The highest BCUT2D eigenvalue weighted by Gasteiger charge is 2.47. The second-order valence-corrected chi connectivity index (χ2v) is 14.7. The van der Waals surface area contributed by atoms with E-state index in [1.54, 1.807) is 0 Å². The number of carboxylic acid groups (broad SMARTS) is 1. The average Bonchev–Trinajstić information content (AvgIpc) is 3.80. The number of aliphatic hydroxyl groups excluding tert-OH is 1. The highest BCUT2D eigenvalue weighted by Crippen LogP contribution is 2.42. The van der Waals surface area contributed by atoms with Gasteiger partial charge in [-0.25, -0.2) is 0 Å². The lowest BCUT2D eigenvalue weighted by Gasteiger charge is -2.30. The minimum Gasteiger partial charge on any atom is -0.493 e. The normalized spacial score (nSPS) is 22.7. The van der Waals surface area contributed by atoms with E-state index in [4.69, 9.17) is 4.74 Å². The third kappa shape index (κ3) is 7.98. The summed E-state index contributed by atoms with van der Waals surface area (Å²) in [5.41, 5.74) is 6.74. The van der Waals surface area contributed by atoms with Crippen molar-refractivity contribution in [3.05, 3.63) is 100 Å². The zero-order valence-corrected chi connectivity index (χ0v) is 30.2. The van der Waals surface area contributed by atoms with E-state index in [-0.39, 0.29) is 30.2 Å². The monoisotopic (exact) mass is 764 g/mol. The van der Waals surface area contributed by atoms with Gasteiger partial charge in [0.05, 0.1) is 19.1 Å². The first-order chi connectivity index (χ1) is 23.4. The van der Waals surface area contributed by atoms with Gasteiger partial charge in [0.2, 0.25) is 0 Å². The van der Waals surface area contributed by atoms with Crippen molar-refractivity contribution in [2.75, 3.05) is 26.2 Å². The Morgan fingerprint density at radius 3 is 2.60 bits per heavy atom. The lowest BCUT2D eigenvalue weighted by molar-refractivity contribution is -0.143. The van der Waals surface area contributed by atoms with Crippen LogP contribution in [-0.4, -0.2) is 64.0 Å². The SMILES string of the molecule is CCCCCC(CCc1cccc(CI)c1)C(=O)CN1C[C@H](c2ccc3c(c2)CCO3)[C@@H](C(=O)O)[C@@H]1CCN1Cc2ccccc2C1O. The number of Topliss-reactive ketones (excluding diaryl/α,β-unsaturated/α-hetero) is 1. The summed E-state index contributed by atoms with van der Waals surface area (Å²) in [7, 11) is 0. The molecule has 5 atom stereocenters. The summed E-state index contributed by atoms with van der Waals surface area (Å²) in [5.74, 6) is -0.668. The van der Waals surface area contributed by atoms with Gasteiger partial charge >= 0.3 is 5.97 Å². The predicted molar refractivity (Wildman–Crippen MR) is 196 cm³/mol. The third-order valence-corrected chi connectivity index (χ3v) is 11.7. The molecule has 3 aliphatic heterocycles. The number of fused-ring (bicyclic) bond motifs is 2. The third-order valence-electron chi connectivity index (χ3n) is 10.8. The number of hydrogen-bond acceptors (Lipinski definition) is 6. The number of alkyl halides is 1. The van der Waals surface area contributed by atoms with Crippen LogP contribution in [0, 0.1) is 11.8 Å². The number of rotatable bonds is 16. The number of aliphatic hydroxyl groups is 1. The van der Waals surface area contributed by atoms with Crippen molar-refractivity contribution < 1.29 is 24.5 Å². The van der Waals surface area contributed by atoms with Crippen LogP contribution in [0.25, 0.3) is 0 Å². The number of aryl methyl sites for hydroxylation is 1. The van der Waals surface area contributed by atoms with Gasteiger partial charge in [-0.3, -0.25) is 19.4 Å². The van der Waals surface area contributed by atoms with Gasteiger partial charge in [-0.2, -0.15) is 0 Å². The summed E-state index contributed by atoms with van der Waals surface area (Å²) < 4.78 is 6.71. The van der Waals surface area contributed by atoms with Crippen molar-refractivity contribution in [2.24, 2.45) is 11.8 Å². The molecule has 2 N–H and O–H groups in total. The zero-order valence-electron chi connectivity index (χ0n) is 28.0. The van der Waals surface area contributed by atoms with E-state index in [0.29, 0.717) is 32.7 Å². The minimum absolute atomic E-state index is 0.0603. The van der Waals surface area contributed by atoms with Crippen molar-refractivity contribution in [2.45, 2.75) is 87.5 Å². The highest BCUT2D eigenvalue weighted by molar-refractivity contribution is 14.1. The summed E-state index contributed by atoms with van der Waals surface area (Å²) in [4.78, 5) is 31.6. The van der Waals surface area contributed by atoms with Gasteiger partial charge in [0.25, 0.3) is 0 Å². The minimum atomic E-state index is -0.823. The summed E-state index contributed by atoms with van der Waals surface area (Å²) in [6.45, 7) is 4.80.